The Balaban J connectivity index is 2.58. The number of nitro groups is 2. The number of para-hydroxylation sites is 1. The van der Waals surface area contributed by atoms with Gasteiger partial charge in [0.25, 0.3) is 11.4 Å². The summed E-state index contributed by atoms with van der Waals surface area (Å²) in [5, 5.41) is 31.0. The Morgan fingerprint density at radius 1 is 1.14 bits per heavy atom. The van der Waals surface area contributed by atoms with Crippen LogP contribution in [0.3, 0.4) is 0 Å². The van der Waals surface area contributed by atoms with Gasteiger partial charge in [0, 0.05) is 24.2 Å². The molecule has 0 radical (unpaired) electrons. The van der Waals surface area contributed by atoms with Crippen molar-refractivity contribution in [1.29, 1.82) is 0 Å². The summed E-state index contributed by atoms with van der Waals surface area (Å²) in [7, 11) is -4.53. The fraction of sp³-hybridized carbons (Fsp3) is 0.188. The fourth-order valence-corrected chi connectivity index (χ4v) is 4.38. The first kappa shape index (κ1) is 22.2. The third-order valence-electron chi connectivity index (χ3n) is 4.03. The standard InChI is InChI=1S/C16H14ClN3O8S/c1-10(16(21)22)18(9-11-4-2-3-5-14(11)19(23)24)29(27,28)12-6-7-15(20(25)26)13(17)8-12/h2-8,10H,9H2,1H3,(H,21,22)/t10-/m0/s1. The van der Waals surface area contributed by atoms with E-state index in [1.165, 1.54) is 18.2 Å². The molecule has 0 heterocycles. The van der Waals surface area contributed by atoms with Crippen LogP contribution in [0.5, 0.6) is 0 Å². The fourth-order valence-electron chi connectivity index (χ4n) is 2.48. The van der Waals surface area contributed by atoms with Crippen LogP contribution < -0.4 is 0 Å². The second-order valence-electron chi connectivity index (χ2n) is 5.82. The molecule has 0 spiro atoms. The van der Waals surface area contributed by atoms with E-state index in [9.17, 15) is 38.5 Å². The smallest absolute Gasteiger partial charge is 0.321 e. The largest absolute Gasteiger partial charge is 0.480 e. The van der Waals surface area contributed by atoms with Crippen LogP contribution in [0.25, 0.3) is 0 Å². The molecular formula is C16H14ClN3O8S. The number of halogens is 1. The van der Waals surface area contributed by atoms with Gasteiger partial charge < -0.3 is 5.11 Å². The number of carbonyl (C=O) groups is 1. The van der Waals surface area contributed by atoms with E-state index < -0.39 is 54.0 Å². The summed E-state index contributed by atoms with van der Waals surface area (Å²) in [6.07, 6.45) is 0. The van der Waals surface area contributed by atoms with Gasteiger partial charge >= 0.3 is 5.97 Å². The van der Waals surface area contributed by atoms with Gasteiger partial charge in [-0.05, 0) is 19.1 Å². The predicted molar refractivity (Wildman–Crippen MR) is 101 cm³/mol. The minimum atomic E-state index is -4.53. The molecule has 2 aromatic carbocycles. The molecule has 0 bridgehead atoms. The van der Waals surface area contributed by atoms with Crippen molar-refractivity contribution in [3.8, 4) is 0 Å². The molecular weight excluding hydrogens is 430 g/mol. The molecule has 0 amide bonds. The lowest BCUT2D eigenvalue weighted by Gasteiger charge is -2.25. The summed E-state index contributed by atoms with van der Waals surface area (Å²) in [5.41, 5.74) is -0.934. The highest BCUT2D eigenvalue weighted by atomic mass is 35.5. The molecule has 0 saturated carbocycles. The molecule has 29 heavy (non-hydrogen) atoms. The highest BCUT2D eigenvalue weighted by Gasteiger charge is 2.35. The lowest BCUT2D eigenvalue weighted by Crippen LogP contribution is -2.42. The summed E-state index contributed by atoms with van der Waals surface area (Å²) in [4.78, 5) is 31.6. The molecule has 0 fully saturated rings. The Morgan fingerprint density at radius 3 is 2.24 bits per heavy atom. The lowest BCUT2D eigenvalue weighted by molar-refractivity contribution is -0.385. The number of carboxylic acid groups (broad SMARTS) is 1. The summed E-state index contributed by atoms with van der Waals surface area (Å²) in [6, 6.07) is 6.33. The summed E-state index contributed by atoms with van der Waals surface area (Å²) in [5.74, 6) is -1.49. The first-order valence-electron chi connectivity index (χ1n) is 7.87. The minimum absolute atomic E-state index is 0.0258. The average molecular weight is 444 g/mol. The molecule has 0 aliphatic rings. The number of nitrogens with zero attached hydrogens (tertiary/aromatic N) is 3. The van der Waals surface area contributed by atoms with Crippen molar-refractivity contribution in [3.63, 3.8) is 0 Å². The molecule has 0 aromatic heterocycles. The van der Waals surface area contributed by atoms with Gasteiger partial charge in [-0.15, -0.1) is 0 Å². The van der Waals surface area contributed by atoms with E-state index in [1.807, 2.05) is 0 Å². The second kappa shape index (κ2) is 8.51. The molecule has 11 nitrogen and oxygen atoms in total. The minimum Gasteiger partial charge on any atom is -0.480 e. The number of sulfonamides is 1. The molecule has 2 aromatic rings. The molecule has 13 heteroatoms. The van der Waals surface area contributed by atoms with E-state index in [4.69, 9.17) is 11.6 Å². The number of carboxylic acids is 1. The van der Waals surface area contributed by atoms with Crippen molar-refractivity contribution < 1.29 is 28.2 Å². The highest BCUT2D eigenvalue weighted by Crippen LogP contribution is 2.30. The normalized spacial score (nSPS) is 12.5. The Kier molecular flexibility index (Phi) is 6.51. The van der Waals surface area contributed by atoms with Crippen LogP contribution in [-0.4, -0.2) is 39.7 Å². The molecule has 1 N–H and O–H groups in total. The zero-order valence-electron chi connectivity index (χ0n) is 14.8. The van der Waals surface area contributed by atoms with Gasteiger partial charge in [-0.1, -0.05) is 29.8 Å². The van der Waals surface area contributed by atoms with Crippen molar-refractivity contribution >= 4 is 39.0 Å². The molecule has 154 valence electrons. The maximum absolute atomic E-state index is 13.1. The molecule has 0 aliphatic carbocycles. The van der Waals surface area contributed by atoms with Crippen molar-refractivity contribution in [2.45, 2.75) is 24.4 Å². The van der Waals surface area contributed by atoms with Crippen molar-refractivity contribution in [3.05, 3.63) is 73.3 Å². The zero-order chi connectivity index (χ0) is 21.9. The quantitative estimate of drug-likeness (QED) is 0.481. The lowest BCUT2D eigenvalue weighted by atomic mass is 10.1. The van der Waals surface area contributed by atoms with E-state index in [0.717, 1.165) is 31.2 Å². The van der Waals surface area contributed by atoms with Crippen molar-refractivity contribution in [1.82, 2.24) is 4.31 Å². The zero-order valence-corrected chi connectivity index (χ0v) is 16.3. The summed E-state index contributed by atoms with van der Waals surface area (Å²) >= 11 is 5.77. The summed E-state index contributed by atoms with van der Waals surface area (Å²) < 4.78 is 26.7. The van der Waals surface area contributed by atoms with Gasteiger partial charge in [0.15, 0.2) is 0 Å². The van der Waals surface area contributed by atoms with Gasteiger partial charge in [0.1, 0.15) is 11.1 Å². The summed E-state index contributed by atoms with van der Waals surface area (Å²) in [6.45, 7) is 0.489. The van der Waals surface area contributed by atoms with Gasteiger partial charge in [0.05, 0.1) is 14.7 Å². The maximum atomic E-state index is 13.1. The third-order valence-corrected chi connectivity index (χ3v) is 6.24. The Morgan fingerprint density at radius 2 is 1.72 bits per heavy atom. The first-order valence-corrected chi connectivity index (χ1v) is 9.69. The predicted octanol–water partition coefficient (Wildman–Crippen LogP) is 2.82. The van der Waals surface area contributed by atoms with Crippen LogP contribution in [0, 0.1) is 20.2 Å². The Bertz CT molecular complexity index is 1090. The topological polar surface area (TPSA) is 161 Å². The third kappa shape index (κ3) is 4.67. The number of hydrogen-bond donors (Lipinski definition) is 1. The van der Waals surface area contributed by atoms with E-state index in [0.29, 0.717) is 4.31 Å². The number of aliphatic carboxylic acids is 1. The van der Waals surface area contributed by atoms with Gasteiger partial charge in [-0.25, -0.2) is 8.42 Å². The van der Waals surface area contributed by atoms with Gasteiger partial charge in [-0.2, -0.15) is 4.31 Å². The van der Waals surface area contributed by atoms with Crippen LogP contribution in [0.1, 0.15) is 12.5 Å². The maximum Gasteiger partial charge on any atom is 0.321 e. The van der Waals surface area contributed by atoms with Crippen LogP contribution in [-0.2, 0) is 21.4 Å². The molecule has 0 aliphatic heterocycles. The SMILES string of the molecule is C[C@@H](C(=O)O)N(Cc1ccccc1[N+](=O)[O-])S(=O)(=O)c1ccc([N+](=O)[O-])c(Cl)c1. The van der Waals surface area contributed by atoms with Crippen LogP contribution in [0.4, 0.5) is 11.4 Å². The van der Waals surface area contributed by atoms with E-state index >= 15 is 0 Å². The van der Waals surface area contributed by atoms with Crippen LogP contribution in [0.2, 0.25) is 5.02 Å². The molecule has 2 rings (SSSR count). The number of benzene rings is 2. The molecule has 1 atom stereocenters. The molecule has 0 unspecified atom stereocenters. The van der Waals surface area contributed by atoms with Crippen LogP contribution in [0.15, 0.2) is 47.4 Å². The van der Waals surface area contributed by atoms with E-state index in [-0.39, 0.29) is 11.3 Å². The van der Waals surface area contributed by atoms with E-state index in [1.54, 1.807) is 0 Å². The van der Waals surface area contributed by atoms with E-state index in [2.05, 4.69) is 0 Å². The number of rotatable bonds is 8. The second-order valence-corrected chi connectivity index (χ2v) is 8.12. The first-order chi connectivity index (χ1) is 13.5. The molecule has 0 saturated heterocycles. The van der Waals surface area contributed by atoms with Crippen molar-refractivity contribution in [2.75, 3.05) is 0 Å². The van der Waals surface area contributed by atoms with Gasteiger partial charge in [-0.3, -0.25) is 25.0 Å². The Hall–Kier alpha value is -3.09. The van der Waals surface area contributed by atoms with Crippen molar-refractivity contribution in [2.24, 2.45) is 0 Å². The monoisotopic (exact) mass is 443 g/mol. The number of hydrogen-bond acceptors (Lipinski definition) is 7. The number of nitro benzene ring substituents is 2. The highest BCUT2D eigenvalue weighted by molar-refractivity contribution is 7.89. The average Bonchev–Trinajstić information content (AvgIpc) is 2.65. The van der Waals surface area contributed by atoms with Crippen LogP contribution >= 0.6 is 11.6 Å². The Labute approximate surface area is 169 Å². The van der Waals surface area contributed by atoms with Gasteiger partial charge in [0.2, 0.25) is 10.0 Å².